The van der Waals surface area contributed by atoms with Gasteiger partial charge in [0.2, 0.25) is 0 Å². The molecule has 1 amide bonds. The van der Waals surface area contributed by atoms with Crippen molar-refractivity contribution in [3.63, 3.8) is 0 Å². The van der Waals surface area contributed by atoms with Crippen LogP contribution in [0.5, 0.6) is 0 Å². The molecule has 0 spiro atoms. The number of hydrogen-bond acceptors (Lipinski definition) is 5. The number of nitrogens with zero attached hydrogens (tertiary/aromatic N) is 2. The molecule has 1 heterocycles. The lowest BCUT2D eigenvalue weighted by molar-refractivity contribution is 0.0466. The summed E-state index contributed by atoms with van der Waals surface area (Å²) in [6.45, 7) is 7.09. The number of carbonyl (C=O) groups excluding carboxylic acids is 2. The lowest BCUT2D eigenvalue weighted by Crippen LogP contribution is -2.27. The number of aromatic nitrogens is 1. The Morgan fingerprint density at radius 2 is 1.80 bits per heavy atom. The Kier molecular flexibility index (Phi) is 7.10. The molecule has 0 aliphatic rings. The van der Waals surface area contributed by atoms with E-state index in [0.717, 1.165) is 19.6 Å². The first-order chi connectivity index (χ1) is 12.1. The van der Waals surface area contributed by atoms with Crippen LogP contribution in [0.2, 0.25) is 0 Å². The van der Waals surface area contributed by atoms with E-state index in [1.165, 1.54) is 6.20 Å². The van der Waals surface area contributed by atoms with Crippen molar-refractivity contribution in [3.05, 3.63) is 59.9 Å². The van der Waals surface area contributed by atoms with Crippen LogP contribution in [0.25, 0.3) is 0 Å². The summed E-state index contributed by atoms with van der Waals surface area (Å²) >= 11 is 0. The molecule has 0 aliphatic carbocycles. The van der Waals surface area contributed by atoms with E-state index in [-0.39, 0.29) is 11.9 Å². The number of anilines is 1. The number of esters is 1. The first-order valence-corrected chi connectivity index (χ1v) is 8.35. The van der Waals surface area contributed by atoms with Gasteiger partial charge in [-0.1, -0.05) is 13.8 Å². The molecule has 6 nitrogen and oxygen atoms in total. The van der Waals surface area contributed by atoms with Gasteiger partial charge < -0.3 is 15.0 Å². The third-order valence-electron chi connectivity index (χ3n) is 3.84. The van der Waals surface area contributed by atoms with Crippen LogP contribution in [0.15, 0.2) is 48.8 Å². The molecule has 6 heteroatoms. The highest BCUT2D eigenvalue weighted by atomic mass is 16.5. The number of amides is 1. The summed E-state index contributed by atoms with van der Waals surface area (Å²) < 4.78 is 5.28. The van der Waals surface area contributed by atoms with Crippen molar-refractivity contribution in [1.82, 2.24) is 9.88 Å². The van der Waals surface area contributed by atoms with Crippen molar-refractivity contribution < 1.29 is 14.3 Å². The fourth-order valence-corrected chi connectivity index (χ4v) is 2.28. The fraction of sp³-hybridized carbons (Fsp3) is 0.316. The van der Waals surface area contributed by atoms with Crippen LogP contribution >= 0.6 is 0 Å². The fourth-order valence-electron chi connectivity index (χ4n) is 2.28. The van der Waals surface area contributed by atoms with Gasteiger partial charge in [0, 0.05) is 24.6 Å². The summed E-state index contributed by atoms with van der Waals surface area (Å²) in [7, 11) is 0. The molecule has 2 rings (SSSR count). The maximum absolute atomic E-state index is 12.0. The van der Waals surface area contributed by atoms with Gasteiger partial charge in [-0.25, -0.2) is 4.79 Å². The lowest BCUT2D eigenvalue weighted by atomic mass is 10.2. The predicted molar refractivity (Wildman–Crippen MR) is 96.7 cm³/mol. The first kappa shape index (κ1) is 18.6. The summed E-state index contributed by atoms with van der Waals surface area (Å²) in [5.41, 5.74) is 1.54. The molecule has 0 unspecified atom stereocenters. The SMILES string of the molecule is CCN(CC)CCOC(=O)c1ccc(NC(=O)c2cccnc2)cc1. The average molecular weight is 341 g/mol. The van der Waals surface area contributed by atoms with Crippen LogP contribution in [0, 0.1) is 0 Å². The zero-order chi connectivity index (χ0) is 18.1. The molecular weight excluding hydrogens is 318 g/mol. The zero-order valence-corrected chi connectivity index (χ0v) is 14.6. The monoisotopic (exact) mass is 341 g/mol. The van der Waals surface area contributed by atoms with Gasteiger partial charge in [-0.15, -0.1) is 0 Å². The number of rotatable bonds is 8. The Balaban J connectivity index is 1.86. The van der Waals surface area contributed by atoms with E-state index >= 15 is 0 Å². The van der Waals surface area contributed by atoms with Crippen LogP contribution in [0.1, 0.15) is 34.6 Å². The number of ether oxygens (including phenoxy) is 1. The van der Waals surface area contributed by atoms with Crippen LogP contribution in [0.3, 0.4) is 0 Å². The molecule has 2 aromatic rings. The molecule has 132 valence electrons. The standard InChI is InChI=1S/C19H23N3O3/c1-3-22(4-2)12-13-25-19(24)15-7-9-17(10-8-15)21-18(23)16-6-5-11-20-14-16/h5-11,14H,3-4,12-13H2,1-2H3,(H,21,23). The van der Waals surface area contributed by atoms with Crippen LogP contribution < -0.4 is 5.32 Å². The summed E-state index contributed by atoms with van der Waals surface area (Å²) in [5, 5.41) is 2.76. The second kappa shape index (κ2) is 9.54. The molecule has 0 saturated heterocycles. The van der Waals surface area contributed by atoms with Gasteiger partial charge in [-0.05, 0) is 49.5 Å². The molecule has 25 heavy (non-hydrogen) atoms. The van der Waals surface area contributed by atoms with Gasteiger partial charge in [-0.3, -0.25) is 9.78 Å². The largest absolute Gasteiger partial charge is 0.461 e. The number of carbonyl (C=O) groups is 2. The van der Waals surface area contributed by atoms with E-state index in [9.17, 15) is 9.59 Å². The maximum Gasteiger partial charge on any atom is 0.338 e. The van der Waals surface area contributed by atoms with Crippen molar-refractivity contribution in [3.8, 4) is 0 Å². The van der Waals surface area contributed by atoms with Crippen LogP contribution in [-0.4, -0.2) is 48.0 Å². The van der Waals surface area contributed by atoms with Gasteiger partial charge in [0.25, 0.3) is 5.91 Å². The van der Waals surface area contributed by atoms with Crippen LogP contribution in [-0.2, 0) is 4.74 Å². The maximum atomic E-state index is 12.0. The van der Waals surface area contributed by atoms with E-state index in [4.69, 9.17) is 4.74 Å². The first-order valence-electron chi connectivity index (χ1n) is 8.35. The summed E-state index contributed by atoms with van der Waals surface area (Å²) in [6, 6.07) is 10.0. The minimum atomic E-state index is -0.364. The van der Waals surface area contributed by atoms with E-state index < -0.39 is 0 Å². The second-order valence-corrected chi connectivity index (χ2v) is 5.44. The number of pyridine rings is 1. The highest BCUT2D eigenvalue weighted by molar-refractivity contribution is 6.04. The van der Waals surface area contributed by atoms with Crippen molar-refractivity contribution in [2.75, 3.05) is 31.6 Å². The Morgan fingerprint density at radius 3 is 2.40 bits per heavy atom. The highest BCUT2D eigenvalue weighted by Crippen LogP contribution is 2.12. The molecule has 0 radical (unpaired) electrons. The van der Waals surface area contributed by atoms with Gasteiger partial charge in [0.15, 0.2) is 0 Å². The Labute approximate surface area is 147 Å². The van der Waals surface area contributed by atoms with Gasteiger partial charge in [-0.2, -0.15) is 0 Å². The molecule has 0 atom stereocenters. The van der Waals surface area contributed by atoms with E-state index in [1.807, 2.05) is 0 Å². The molecule has 0 aliphatic heterocycles. The lowest BCUT2D eigenvalue weighted by Gasteiger charge is -2.17. The molecule has 0 bridgehead atoms. The third kappa shape index (κ3) is 5.69. The van der Waals surface area contributed by atoms with Gasteiger partial charge >= 0.3 is 5.97 Å². The number of hydrogen-bond donors (Lipinski definition) is 1. The Bertz CT molecular complexity index is 683. The molecule has 0 fully saturated rings. The third-order valence-corrected chi connectivity index (χ3v) is 3.84. The summed E-state index contributed by atoms with van der Waals surface area (Å²) in [5.74, 6) is -0.611. The highest BCUT2D eigenvalue weighted by Gasteiger charge is 2.10. The topological polar surface area (TPSA) is 71.5 Å². The van der Waals surface area contributed by atoms with Gasteiger partial charge in [0.05, 0.1) is 11.1 Å². The molecular formula is C19H23N3O3. The van der Waals surface area contributed by atoms with Crippen molar-refractivity contribution in [1.29, 1.82) is 0 Å². The minimum Gasteiger partial charge on any atom is -0.461 e. The van der Waals surface area contributed by atoms with Gasteiger partial charge in [0.1, 0.15) is 6.61 Å². The molecule has 1 N–H and O–H groups in total. The molecule has 1 aromatic heterocycles. The smallest absolute Gasteiger partial charge is 0.338 e. The minimum absolute atomic E-state index is 0.248. The predicted octanol–water partition coefficient (Wildman–Crippen LogP) is 2.83. The zero-order valence-electron chi connectivity index (χ0n) is 14.6. The molecule has 1 aromatic carbocycles. The number of benzene rings is 1. The number of likely N-dealkylation sites (N-methyl/N-ethyl adjacent to an activating group) is 1. The van der Waals surface area contributed by atoms with E-state index in [1.54, 1.807) is 42.6 Å². The van der Waals surface area contributed by atoms with E-state index in [0.29, 0.717) is 23.4 Å². The second-order valence-electron chi connectivity index (χ2n) is 5.44. The summed E-state index contributed by atoms with van der Waals surface area (Å²) in [6.07, 6.45) is 3.11. The number of nitrogens with one attached hydrogen (secondary N) is 1. The Morgan fingerprint density at radius 1 is 1.08 bits per heavy atom. The van der Waals surface area contributed by atoms with Crippen molar-refractivity contribution in [2.24, 2.45) is 0 Å². The Hall–Kier alpha value is -2.73. The van der Waals surface area contributed by atoms with E-state index in [2.05, 4.69) is 29.0 Å². The van der Waals surface area contributed by atoms with Crippen LogP contribution in [0.4, 0.5) is 5.69 Å². The molecule has 0 saturated carbocycles. The summed E-state index contributed by atoms with van der Waals surface area (Å²) in [4.78, 5) is 30.2. The average Bonchev–Trinajstić information content (AvgIpc) is 2.66. The normalized spacial score (nSPS) is 10.5. The van der Waals surface area contributed by atoms with Crippen molar-refractivity contribution >= 4 is 17.6 Å². The quantitative estimate of drug-likeness (QED) is 0.748. The van der Waals surface area contributed by atoms with Crippen molar-refractivity contribution in [2.45, 2.75) is 13.8 Å².